The quantitative estimate of drug-likeness (QED) is 0.116. The number of carbonyl (C=O) groups is 3. The third-order valence-corrected chi connectivity index (χ3v) is 7.59. The molecule has 1 aliphatic heterocycles. The molecule has 10 nitrogen and oxygen atoms in total. The average Bonchev–Trinajstić information content (AvgIpc) is 3.07. The van der Waals surface area contributed by atoms with Gasteiger partial charge in [-0.05, 0) is 101 Å². The van der Waals surface area contributed by atoms with Crippen molar-refractivity contribution in [3.8, 4) is 28.7 Å². The summed E-state index contributed by atoms with van der Waals surface area (Å²) in [5, 5.41) is 2.24. The second-order valence-corrected chi connectivity index (χ2v) is 11.1. The molecular weight excluding hydrogens is 668 g/mol. The summed E-state index contributed by atoms with van der Waals surface area (Å²) in [7, 11) is 1.58. The van der Waals surface area contributed by atoms with Crippen molar-refractivity contribution in [2.24, 2.45) is 0 Å². The van der Waals surface area contributed by atoms with Crippen molar-refractivity contribution >= 4 is 45.5 Å². The molecule has 1 aliphatic rings. The van der Waals surface area contributed by atoms with Crippen molar-refractivity contribution in [2.75, 3.05) is 25.2 Å². The van der Waals surface area contributed by atoms with E-state index in [-0.39, 0.29) is 12.2 Å². The molecule has 1 saturated heterocycles. The van der Waals surface area contributed by atoms with E-state index in [1.807, 2.05) is 62.4 Å². The summed E-state index contributed by atoms with van der Waals surface area (Å²) in [5.41, 5.74) is 2.43. The molecule has 4 aromatic rings. The van der Waals surface area contributed by atoms with Crippen LogP contribution in [0.15, 0.2) is 95.0 Å². The van der Waals surface area contributed by atoms with Crippen molar-refractivity contribution in [2.45, 2.75) is 27.1 Å². The maximum Gasteiger partial charge on any atom is 0.335 e. The van der Waals surface area contributed by atoms with E-state index in [9.17, 15) is 14.4 Å². The predicted molar refractivity (Wildman–Crippen MR) is 180 cm³/mol. The molecular formula is C36H33BrN2O8. The number of nitrogens with zero attached hydrogens (tertiary/aromatic N) is 1. The molecule has 0 spiro atoms. The van der Waals surface area contributed by atoms with Gasteiger partial charge in [-0.15, -0.1) is 0 Å². The zero-order valence-corrected chi connectivity index (χ0v) is 27.7. The second-order valence-electron chi connectivity index (χ2n) is 10.2. The number of anilines is 1. The summed E-state index contributed by atoms with van der Waals surface area (Å²) >= 11 is 3.56. The molecule has 0 bridgehead atoms. The van der Waals surface area contributed by atoms with Crippen molar-refractivity contribution in [3.05, 3.63) is 112 Å². The van der Waals surface area contributed by atoms with E-state index in [1.54, 1.807) is 43.5 Å². The summed E-state index contributed by atoms with van der Waals surface area (Å²) in [5.74, 6) is 1.03. The Morgan fingerprint density at radius 3 is 2.17 bits per heavy atom. The topological polar surface area (TPSA) is 113 Å². The van der Waals surface area contributed by atoms with Crippen LogP contribution < -0.4 is 33.9 Å². The summed E-state index contributed by atoms with van der Waals surface area (Å²) in [6.45, 7) is 5.09. The van der Waals surface area contributed by atoms with E-state index in [0.29, 0.717) is 64.3 Å². The molecule has 4 amide bonds. The predicted octanol–water partition coefficient (Wildman–Crippen LogP) is 7.08. The SMILES string of the molecule is CCOc1ccc(N2C(=O)NC(=O)/C(=C\c3cc(Br)c(OCc4ccc(OCc5ccccc5)c(OC)c4)c(OCC)c3)C2=O)cc1. The van der Waals surface area contributed by atoms with E-state index in [4.69, 9.17) is 23.7 Å². The van der Waals surface area contributed by atoms with Crippen LogP contribution in [-0.4, -0.2) is 38.2 Å². The Balaban J connectivity index is 1.34. The van der Waals surface area contributed by atoms with Crippen molar-refractivity contribution in [1.29, 1.82) is 0 Å². The highest BCUT2D eigenvalue weighted by molar-refractivity contribution is 9.10. The van der Waals surface area contributed by atoms with E-state index in [0.717, 1.165) is 16.0 Å². The lowest BCUT2D eigenvalue weighted by molar-refractivity contribution is -0.122. The van der Waals surface area contributed by atoms with Gasteiger partial charge in [0.05, 0.1) is 30.5 Å². The summed E-state index contributed by atoms with van der Waals surface area (Å²) in [6, 6.07) is 24.4. The van der Waals surface area contributed by atoms with Crippen LogP contribution in [0.25, 0.3) is 6.08 Å². The second kappa shape index (κ2) is 15.3. The van der Waals surface area contributed by atoms with Gasteiger partial charge in [-0.25, -0.2) is 9.69 Å². The fourth-order valence-corrected chi connectivity index (χ4v) is 5.38. The van der Waals surface area contributed by atoms with Gasteiger partial charge in [0, 0.05) is 0 Å². The summed E-state index contributed by atoms with van der Waals surface area (Å²) in [6.07, 6.45) is 1.40. The average molecular weight is 702 g/mol. The number of rotatable bonds is 13. The molecule has 5 rings (SSSR count). The molecule has 1 fully saturated rings. The number of hydrogen-bond donors (Lipinski definition) is 1. The summed E-state index contributed by atoms with van der Waals surface area (Å²) < 4.78 is 29.6. The zero-order chi connectivity index (χ0) is 33.3. The molecule has 1 heterocycles. The first-order valence-corrected chi connectivity index (χ1v) is 15.7. The van der Waals surface area contributed by atoms with Gasteiger partial charge in [0.1, 0.15) is 24.5 Å². The van der Waals surface area contributed by atoms with Crippen LogP contribution in [0.2, 0.25) is 0 Å². The number of methoxy groups -OCH3 is 1. The largest absolute Gasteiger partial charge is 0.494 e. The molecule has 11 heteroatoms. The van der Waals surface area contributed by atoms with Gasteiger partial charge in [0.2, 0.25) is 0 Å². The molecule has 242 valence electrons. The maximum atomic E-state index is 13.4. The first-order valence-electron chi connectivity index (χ1n) is 14.9. The first kappa shape index (κ1) is 33.1. The van der Waals surface area contributed by atoms with Crippen molar-refractivity contribution in [1.82, 2.24) is 5.32 Å². The van der Waals surface area contributed by atoms with Gasteiger partial charge in [-0.1, -0.05) is 36.4 Å². The van der Waals surface area contributed by atoms with Crippen molar-refractivity contribution < 1.29 is 38.1 Å². The van der Waals surface area contributed by atoms with Crippen LogP contribution in [0.5, 0.6) is 28.7 Å². The third-order valence-electron chi connectivity index (χ3n) is 7.00. The lowest BCUT2D eigenvalue weighted by atomic mass is 10.1. The number of ether oxygens (including phenoxy) is 5. The maximum absolute atomic E-state index is 13.4. The molecule has 1 N–H and O–H groups in total. The van der Waals surface area contributed by atoms with Gasteiger partial charge in [0.25, 0.3) is 11.8 Å². The van der Waals surface area contributed by atoms with Crippen LogP contribution in [-0.2, 0) is 22.8 Å². The number of halogens is 1. The minimum Gasteiger partial charge on any atom is -0.494 e. The van der Waals surface area contributed by atoms with Crippen molar-refractivity contribution in [3.63, 3.8) is 0 Å². The zero-order valence-electron chi connectivity index (χ0n) is 26.1. The van der Waals surface area contributed by atoms with Gasteiger partial charge in [-0.2, -0.15) is 0 Å². The smallest absolute Gasteiger partial charge is 0.335 e. The minimum atomic E-state index is -0.839. The molecule has 0 saturated carbocycles. The van der Waals surface area contributed by atoms with E-state index < -0.39 is 17.8 Å². The number of carbonyl (C=O) groups excluding carboxylic acids is 3. The highest BCUT2D eigenvalue weighted by Gasteiger charge is 2.37. The lowest BCUT2D eigenvalue weighted by Gasteiger charge is -2.26. The molecule has 0 aliphatic carbocycles. The Hall–Kier alpha value is -5.29. The Morgan fingerprint density at radius 1 is 0.745 bits per heavy atom. The monoisotopic (exact) mass is 700 g/mol. The molecule has 4 aromatic carbocycles. The molecule has 0 aromatic heterocycles. The molecule has 0 atom stereocenters. The Morgan fingerprint density at radius 2 is 1.47 bits per heavy atom. The lowest BCUT2D eigenvalue weighted by Crippen LogP contribution is -2.54. The van der Waals surface area contributed by atoms with Crippen LogP contribution >= 0.6 is 15.9 Å². The fourth-order valence-electron chi connectivity index (χ4n) is 4.80. The van der Waals surface area contributed by atoms with Crippen LogP contribution in [0.1, 0.15) is 30.5 Å². The highest BCUT2D eigenvalue weighted by Crippen LogP contribution is 2.39. The number of urea groups is 1. The first-order chi connectivity index (χ1) is 22.8. The number of barbiturate groups is 1. The van der Waals surface area contributed by atoms with E-state index in [2.05, 4.69) is 21.2 Å². The van der Waals surface area contributed by atoms with Gasteiger partial charge < -0.3 is 23.7 Å². The van der Waals surface area contributed by atoms with Gasteiger partial charge in [0.15, 0.2) is 23.0 Å². The third kappa shape index (κ3) is 7.93. The number of benzene rings is 4. The number of amides is 4. The molecule has 0 unspecified atom stereocenters. The Bertz CT molecular complexity index is 1790. The van der Waals surface area contributed by atoms with Crippen LogP contribution in [0.4, 0.5) is 10.5 Å². The fraction of sp³-hybridized carbons (Fsp3) is 0.194. The standard InChI is InChI=1S/C36H33BrN2O8/c1-4-44-27-14-12-26(13-15-27)39-35(41)28(34(40)38-36(39)42)17-25-18-29(37)33(32(20-25)45-5-2)47-22-24-11-16-30(31(19-24)43-3)46-21-23-9-7-6-8-10-23/h6-20H,4-5,21-22H2,1-3H3,(H,38,40,42)/b28-17+. The van der Waals surface area contributed by atoms with Gasteiger partial charge >= 0.3 is 6.03 Å². The van der Waals surface area contributed by atoms with Crippen LogP contribution in [0, 0.1) is 0 Å². The van der Waals surface area contributed by atoms with Gasteiger partial charge in [-0.3, -0.25) is 14.9 Å². The normalized spacial score (nSPS) is 13.7. The van der Waals surface area contributed by atoms with E-state index in [1.165, 1.54) is 6.08 Å². The molecule has 47 heavy (non-hydrogen) atoms. The van der Waals surface area contributed by atoms with Crippen LogP contribution in [0.3, 0.4) is 0 Å². The highest BCUT2D eigenvalue weighted by atomic mass is 79.9. The minimum absolute atomic E-state index is 0.189. The van der Waals surface area contributed by atoms with E-state index >= 15 is 0 Å². The Labute approximate surface area is 281 Å². The number of hydrogen-bond acceptors (Lipinski definition) is 8. The number of nitrogens with one attached hydrogen (secondary N) is 1. The summed E-state index contributed by atoms with van der Waals surface area (Å²) in [4.78, 5) is 39.8. The Kier molecular flexibility index (Phi) is 10.8. The number of imide groups is 2. The molecule has 0 radical (unpaired) electrons.